The van der Waals surface area contributed by atoms with Crippen LogP contribution in [-0.4, -0.2) is 49.4 Å². The molecule has 4 heteroatoms. The highest BCUT2D eigenvalue weighted by molar-refractivity contribution is 5.87. The zero-order valence-electron chi connectivity index (χ0n) is 14.7. The van der Waals surface area contributed by atoms with E-state index in [1.807, 2.05) is 86.6 Å². The van der Waals surface area contributed by atoms with Gasteiger partial charge in [-0.15, -0.1) is 12.4 Å². The highest BCUT2D eigenvalue weighted by atomic mass is 35.5. The molecule has 24 heavy (non-hydrogen) atoms. The molecule has 1 amide bonds. The minimum Gasteiger partial charge on any atom is -0.341 e. The Labute approximate surface area is 151 Å². The van der Waals surface area contributed by atoms with Crippen LogP contribution in [-0.2, 0) is 4.79 Å². The highest BCUT2D eigenvalue weighted by Gasteiger charge is 2.26. The lowest BCUT2D eigenvalue weighted by molar-refractivity contribution is -0.131. The van der Waals surface area contributed by atoms with Crippen molar-refractivity contribution in [3.63, 3.8) is 0 Å². The highest BCUT2D eigenvalue weighted by Crippen LogP contribution is 2.26. The number of amides is 1. The summed E-state index contributed by atoms with van der Waals surface area (Å²) >= 11 is 0. The number of halogens is 1. The van der Waals surface area contributed by atoms with Crippen LogP contribution in [0, 0.1) is 0 Å². The van der Waals surface area contributed by atoms with Crippen LogP contribution < -0.4 is 0 Å². The van der Waals surface area contributed by atoms with E-state index in [0.717, 1.165) is 30.8 Å². The lowest BCUT2D eigenvalue weighted by atomic mass is 9.90. The van der Waals surface area contributed by atoms with Gasteiger partial charge in [-0.25, -0.2) is 0 Å². The second-order valence-electron chi connectivity index (χ2n) is 5.98. The molecule has 0 N–H and O–H groups in total. The summed E-state index contributed by atoms with van der Waals surface area (Å²) in [4.78, 5) is 17.3. The second kappa shape index (κ2) is 10.1. The molecule has 0 aliphatic carbocycles. The van der Waals surface area contributed by atoms with Crippen molar-refractivity contribution in [1.82, 2.24) is 9.80 Å². The molecular weight excluding hydrogens is 320 g/mol. The average molecular weight is 347 g/mol. The Balaban J connectivity index is 0.00000288. The van der Waals surface area contributed by atoms with E-state index in [1.165, 1.54) is 0 Å². The zero-order valence-corrected chi connectivity index (χ0v) is 15.5. The first-order valence-corrected chi connectivity index (χ1v) is 8.17. The van der Waals surface area contributed by atoms with Crippen molar-refractivity contribution in [3.05, 3.63) is 71.8 Å². The van der Waals surface area contributed by atoms with E-state index < -0.39 is 0 Å². The third-order valence-electron chi connectivity index (χ3n) is 4.02. The maximum Gasteiger partial charge on any atom is 0.234 e. The number of carbonyl (C=O) groups is 1. The zero-order chi connectivity index (χ0) is 16.7. The summed E-state index contributed by atoms with van der Waals surface area (Å²) in [6.45, 7) is 4.39. The van der Waals surface area contributed by atoms with E-state index >= 15 is 0 Å². The molecule has 2 aromatic carbocycles. The number of nitrogens with zero attached hydrogens (tertiary/aromatic N) is 2. The summed E-state index contributed by atoms with van der Waals surface area (Å²) in [5.74, 6) is -0.0636. The summed E-state index contributed by atoms with van der Waals surface area (Å²) in [5.41, 5.74) is 2.10. The van der Waals surface area contributed by atoms with Gasteiger partial charge in [-0.1, -0.05) is 60.7 Å². The van der Waals surface area contributed by atoms with Gasteiger partial charge in [-0.3, -0.25) is 4.79 Å². The van der Waals surface area contributed by atoms with Gasteiger partial charge in [0.15, 0.2) is 0 Å². The van der Waals surface area contributed by atoms with Gasteiger partial charge in [0.05, 0.1) is 5.92 Å². The molecule has 0 aromatic heterocycles. The second-order valence-corrected chi connectivity index (χ2v) is 5.98. The molecular formula is C20H27ClN2O. The monoisotopic (exact) mass is 346 g/mol. The number of rotatable bonds is 7. The molecule has 0 aliphatic heterocycles. The molecule has 2 rings (SSSR count). The van der Waals surface area contributed by atoms with Crippen LogP contribution in [0.4, 0.5) is 0 Å². The summed E-state index contributed by atoms with van der Waals surface area (Å²) in [6.07, 6.45) is 0. The Kier molecular flexibility index (Phi) is 8.51. The fourth-order valence-corrected chi connectivity index (χ4v) is 2.70. The molecule has 2 aromatic rings. The molecule has 0 unspecified atom stereocenters. The molecule has 0 bridgehead atoms. The largest absolute Gasteiger partial charge is 0.341 e. The van der Waals surface area contributed by atoms with Crippen molar-refractivity contribution in [3.8, 4) is 0 Å². The Morgan fingerprint density at radius 3 is 1.71 bits per heavy atom. The lowest BCUT2D eigenvalue weighted by Crippen LogP contribution is -2.39. The summed E-state index contributed by atoms with van der Waals surface area (Å²) in [7, 11) is 4.06. The molecule has 3 nitrogen and oxygen atoms in total. The van der Waals surface area contributed by atoms with Gasteiger partial charge in [-0.05, 0) is 32.1 Å². The molecule has 0 fully saturated rings. The third kappa shape index (κ3) is 5.36. The van der Waals surface area contributed by atoms with Crippen LogP contribution in [0.2, 0.25) is 0 Å². The van der Waals surface area contributed by atoms with E-state index in [1.54, 1.807) is 0 Å². The standard InChI is InChI=1S/C20H26N2O.ClH/c1-4-22(16-15-21(2)3)20(23)19(17-11-7-5-8-12-17)18-13-9-6-10-14-18;/h5-14,19H,4,15-16H2,1-3H3;1H. The fraction of sp³-hybridized carbons (Fsp3) is 0.350. The topological polar surface area (TPSA) is 23.6 Å². The summed E-state index contributed by atoms with van der Waals surface area (Å²) in [5, 5.41) is 0. The van der Waals surface area contributed by atoms with Crippen LogP contribution >= 0.6 is 12.4 Å². The first kappa shape index (κ1) is 20.2. The van der Waals surface area contributed by atoms with Gasteiger partial charge in [0.2, 0.25) is 5.91 Å². The van der Waals surface area contributed by atoms with E-state index in [2.05, 4.69) is 4.90 Å². The SMILES string of the molecule is CCN(CCN(C)C)C(=O)C(c1ccccc1)c1ccccc1.Cl. The van der Waals surface area contributed by atoms with Gasteiger partial charge in [0.25, 0.3) is 0 Å². The number of likely N-dealkylation sites (N-methyl/N-ethyl adjacent to an activating group) is 2. The molecule has 0 atom stereocenters. The van der Waals surface area contributed by atoms with E-state index in [0.29, 0.717) is 0 Å². The maximum absolute atomic E-state index is 13.2. The van der Waals surface area contributed by atoms with Crippen LogP contribution in [0.3, 0.4) is 0 Å². The molecule has 130 valence electrons. The minimum absolute atomic E-state index is 0. The lowest BCUT2D eigenvalue weighted by Gasteiger charge is -2.28. The van der Waals surface area contributed by atoms with Crippen LogP contribution in [0.25, 0.3) is 0 Å². The van der Waals surface area contributed by atoms with E-state index in [-0.39, 0.29) is 24.2 Å². The Bertz CT molecular complexity index is 562. The smallest absolute Gasteiger partial charge is 0.234 e. The predicted octanol–water partition coefficient (Wildman–Crippen LogP) is 3.65. The number of hydrogen-bond donors (Lipinski definition) is 0. The minimum atomic E-state index is -0.237. The normalized spacial score (nSPS) is 10.5. The number of hydrogen-bond acceptors (Lipinski definition) is 2. The Hall–Kier alpha value is -1.84. The maximum atomic E-state index is 13.2. The first-order chi connectivity index (χ1) is 11.1. The van der Waals surface area contributed by atoms with Crippen molar-refractivity contribution < 1.29 is 4.79 Å². The molecule has 0 heterocycles. The summed E-state index contributed by atoms with van der Waals surface area (Å²) in [6, 6.07) is 20.1. The van der Waals surface area contributed by atoms with E-state index in [4.69, 9.17) is 0 Å². The number of carbonyl (C=O) groups excluding carboxylic acids is 1. The quantitative estimate of drug-likeness (QED) is 0.764. The van der Waals surface area contributed by atoms with Gasteiger partial charge in [0.1, 0.15) is 0 Å². The van der Waals surface area contributed by atoms with Crippen LogP contribution in [0.5, 0.6) is 0 Å². The van der Waals surface area contributed by atoms with Gasteiger partial charge < -0.3 is 9.80 Å². The summed E-state index contributed by atoms with van der Waals surface area (Å²) < 4.78 is 0. The van der Waals surface area contributed by atoms with E-state index in [9.17, 15) is 4.79 Å². The van der Waals surface area contributed by atoms with Crippen molar-refractivity contribution in [2.45, 2.75) is 12.8 Å². The molecule has 0 radical (unpaired) electrons. The molecule has 0 saturated heterocycles. The Morgan fingerprint density at radius 1 is 0.875 bits per heavy atom. The van der Waals surface area contributed by atoms with Crippen LogP contribution in [0.15, 0.2) is 60.7 Å². The van der Waals surface area contributed by atoms with Gasteiger partial charge in [-0.2, -0.15) is 0 Å². The molecule has 0 spiro atoms. The third-order valence-corrected chi connectivity index (χ3v) is 4.02. The fourth-order valence-electron chi connectivity index (χ4n) is 2.70. The first-order valence-electron chi connectivity index (χ1n) is 8.17. The van der Waals surface area contributed by atoms with Crippen LogP contribution in [0.1, 0.15) is 24.0 Å². The molecule has 0 aliphatic rings. The predicted molar refractivity (Wildman–Crippen MR) is 103 cm³/mol. The average Bonchev–Trinajstić information content (AvgIpc) is 2.57. The van der Waals surface area contributed by atoms with Crippen molar-refractivity contribution in [2.24, 2.45) is 0 Å². The molecule has 0 saturated carbocycles. The van der Waals surface area contributed by atoms with Gasteiger partial charge in [0, 0.05) is 19.6 Å². The van der Waals surface area contributed by atoms with Gasteiger partial charge >= 0.3 is 0 Å². The number of benzene rings is 2. The van der Waals surface area contributed by atoms with Crippen molar-refractivity contribution >= 4 is 18.3 Å². The van der Waals surface area contributed by atoms with Crippen molar-refractivity contribution in [1.29, 1.82) is 0 Å². The Morgan fingerprint density at radius 2 is 1.33 bits per heavy atom. The van der Waals surface area contributed by atoms with Crippen molar-refractivity contribution in [2.75, 3.05) is 33.7 Å².